The van der Waals surface area contributed by atoms with E-state index >= 15 is 0 Å². The van der Waals surface area contributed by atoms with E-state index in [1.54, 1.807) is 42.5 Å². The Morgan fingerprint density at radius 3 is 1.98 bits per heavy atom. The average molecular weight is 607 g/mol. The number of carbonyl (C=O) groups excluding carboxylic acids is 5. The van der Waals surface area contributed by atoms with Crippen LogP contribution in [0.2, 0.25) is 0 Å². The van der Waals surface area contributed by atoms with Crippen molar-refractivity contribution >= 4 is 29.5 Å². The van der Waals surface area contributed by atoms with Crippen LogP contribution in [0.1, 0.15) is 29.7 Å². The fourth-order valence-corrected chi connectivity index (χ4v) is 4.20. The van der Waals surface area contributed by atoms with Crippen molar-refractivity contribution in [2.24, 2.45) is 11.5 Å². The van der Waals surface area contributed by atoms with Crippen LogP contribution < -0.4 is 32.7 Å². The molecule has 0 aromatic heterocycles. The Morgan fingerprint density at radius 2 is 1.36 bits per heavy atom. The van der Waals surface area contributed by atoms with E-state index in [1.165, 1.54) is 43.3 Å². The zero-order chi connectivity index (χ0) is 32.2. The van der Waals surface area contributed by atoms with Crippen LogP contribution in [-0.2, 0) is 36.8 Å². The summed E-state index contributed by atoms with van der Waals surface area (Å²) in [5.41, 5.74) is 13.1. The van der Waals surface area contributed by atoms with Gasteiger partial charge in [-0.15, -0.1) is 0 Å². The Morgan fingerprint density at radius 1 is 0.773 bits per heavy atom. The van der Waals surface area contributed by atoms with E-state index in [2.05, 4.69) is 21.3 Å². The molecule has 12 nitrogen and oxygen atoms in total. The first-order valence-electron chi connectivity index (χ1n) is 13.7. The number of halogens is 1. The molecule has 0 fully saturated rings. The first-order valence-corrected chi connectivity index (χ1v) is 13.7. The molecule has 0 saturated heterocycles. The summed E-state index contributed by atoms with van der Waals surface area (Å²) in [6, 6.07) is 15.4. The zero-order valence-electron chi connectivity index (χ0n) is 24.0. The zero-order valence-corrected chi connectivity index (χ0v) is 24.0. The van der Waals surface area contributed by atoms with Gasteiger partial charge in [0.25, 0.3) is 0 Å². The lowest BCUT2D eigenvalue weighted by Gasteiger charge is -2.23. The predicted octanol–water partition coefficient (Wildman–Crippen LogP) is 0.0923. The Hall–Kier alpha value is -5.30. The molecule has 0 spiro atoms. The van der Waals surface area contributed by atoms with Crippen LogP contribution in [0.4, 0.5) is 4.39 Å². The van der Waals surface area contributed by atoms with Crippen LogP contribution in [0, 0.1) is 5.82 Å². The van der Waals surface area contributed by atoms with Gasteiger partial charge in [-0.25, -0.2) is 4.39 Å². The molecule has 0 unspecified atom stereocenters. The minimum Gasteiger partial charge on any atom is -0.508 e. The highest BCUT2D eigenvalue weighted by atomic mass is 19.1. The Bertz CT molecular complexity index is 1450. The van der Waals surface area contributed by atoms with E-state index in [4.69, 9.17) is 11.5 Å². The summed E-state index contributed by atoms with van der Waals surface area (Å²) in [4.78, 5) is 63.2. The fraction of sp³-hybridized carbons (Fsp3) is 0.258. The summed E-state index contributed by atoms with van der Waals surface area (Å²) in [5, 5.41) is 19.3. The lowest BCUT2D eigenvalue weighted by atomic mass is 10.0. The normalized spacial score (nSPS) is 13.4. The first kappa shape index (κ1) is 33.2. The molecule has 4 atom stereocenters. The molecule has 13 heteroatoms. The van der Waals surface area contributed by atoms with E-state index in [0.717, 1.165) is 0 Å². The maximum atomic E-state index is 13.4. The summed E-state index contributed by atoms with van der Waals surface area (Å²) >= 11 is 0. The van der Waals surface area contributed by atoms with Crippen LogP contribution >= 0.6 is 0 Å². The molecule has 3 aromatic rings. The molecule has 44 heavy (non-hydrogen) atoms. The van der Waals surface area contributed by atoms with Gasteiger partial charge < -0.3 is 37.8 Å². The number of carbonyl (C=O) groups is 5. The third kappa shape index (κ3) is 10.2. The molecule has 9 N–H and O–H groups in total. The molecule has 0 aliphatic rings. The third-order valence-corrected chi connectivity index (χ3v) is 6.61. The maximum absolute atomic E-state index is 13.4. The van der Waals surface area contributed by atoms with Gasteiger partial charge in [-0.05, 0) is 54.3 Å². The predicted molar refractivity (Wildman–Crippen MR) is 159 cm³/mol. The van der Waals surface area contributed by atoms with Gasteiger partial charge in [0.05, 0.1) is 12.6 Å². The number of hydrogen-bond acceptors (Lipinski definition) is 7. The second-order valence-corrected chi connectivity index (χ2v) is 10.1. The lowest BCUT2D eigenvalue weighted by molar-refractivity contribution is -0.132. The molecule has 0 aliphatic carbocycles. The number of amides is 5. The Kier molecular flexibility index (Phi) is 11.9. The van der Waals surface area contributed by atoms with E-state index in [1.807, 2.05) is 0 Å². The van der Waals surface area contributed by atoms with Crippen LogP contribution in [0.3, 0.4) is 0 Å². The number of benzene rings is 3. The average Bonchev–Trinajstić information content (AvgIpc) is 3.00. The monoisotopic (exact) mass is 606 g/mol. The third-order valence-electron chi connectivity index (χ3n) is 6.61. The molecule has 5 amide bonds. The highest BCUT2D eigenvalue weighted by Crippen LogP contribution is 2.14. The Balaban J connectivity index is 1.59. The van der Waals surface area contributed by atoms with Crippen LogP contribution in [0.25, 0.3) is 0 Å². The van der Waals surface area contributed by atoms with Gasteiger partial charge in [0.15, 0.2) is 0 Å². The first-order chi connectivity index (χ1) is 20.9. The quantitative estimate of drug-likeness (QED) is 0.135. The van der Waals surface area contributed by atoms with Crippen LogP contribution in [-0.4, -0.2) is 59.3 Å². The highest BCUT2D eigenvalue weighted by molar-refractivity contribution is 5.94. The van der Waals surface area contributed by atoms with Crippen molar-refractivity contribution < 1.29 is 33.5 Å². The highest BCUT2D eigenvalue weighted by Gasteiger charge is 2.27. The van der Waals surface area contributed by atoms with Gasteiger partial charge in [0, 0.05) is 6.42 Å². The number of hydrogen-bond donors (Lipinski definition) is 7. The van der Waals surface area contributed by atoms with Crippen LogP contribution in [0.5, 0.6) is 5.75 Å². The van der Waals surface area contributed by atoms with Gasteiger partial charge in [-0.2, -0.15) is 0 Å². The second kappa shape index (κ2) is 15.8. The van der Waals surface area contributed by atoms with Crippen molar-refractivity contribution in [2.45, 2.75) is 43.9 Å². The topological polar surface area (TPSA) is 206 Å². The van der Waals surface area contributed by atoms with E-state index in [9.17, 15) is 33.5 Å². The lowest BCUT2D eigenvalue weighted by Crippen LogP contribution is -2.54. The Labute approximate surface area is 253 Å². The minimum absolute atomic E-state index is 0.0581. The summed E-state index contributed by atoms with van der Waals surface area (Å²) < 4.78 is 13.4. The van der Waals surface area contributed by atoms with Crippen molar-refractivity contribution in [3.05, 3.63) is 101 Å². The van der Waals surface area contributed by atoms with Crippen molar-refractivity contribution in [1.82, 2.24) is 21.3 Å². The molecule has 0 radical (unpaired) electrons. The maximum Gasteiger partial charge on any atom is 0.244 e. The fourth-order valence-electron chi connectivity index (χ4n) is 4.20. The number of nitrogens with two attached hydrogens (primary N) is 2. The number of phenolic OH excluding ortho intramolecular Hbond substituents is 1. The van der Waals surface area contributed by atoms with Crippen molar-refractivity contribution in [1.29, 1.82) is 0 Å². The smallest absolute Gasteiger partial charge is 0.244 e. The van der Waals surface area contributed by atoms with E-state index in [-0.39, 0.29) is 18.6 Å². The number of rotatable bonds is 14. The molecule has 0 saturated carbocycles. The van der Waals surface area contributed by atoms with Gasteiger partial charge >= 0.3 is 0 Å². The summed E-state index contributed by atoms with van der Waals surface area (Å²) in [5.74, 6) is -3.97. The summed E-state index contributed by atoms with van der Waals surface area (Å²) in [7, 11) is 0. The molecule has 0 heterocycles. The summed E-state index contributed by atoms with van der Waals surface area (Å²) in [6.45, 7) is 0.875. The van der Waals surface area contributed by atoms with Gasteiger partial charge in [-0.1, -0.05) is 54.6 Å². The standard InChI is InChI=1S/C31H35FN6O6/c1-18(36-30(43)24(33)15-19-9-13-23(39)14-10-19)29(42)35-17-26(40)37-25(16-20-7-11-22(32)12-8-20)31(44)38-27(28(34)41)21-5-3-2-4-6-21/h2-14,18,24-25,27,39H,15-17,33H2,1H3,(H2,34,41)(H,35,42)(H,36,43)(H,37,40)(H,38,44)/t18-,24+,25+,27+/m1/s1. The number of primary amides is 1. The van der Waals surface area contributed by atoms with Crippen molar-refractivity contribution in [3.63, 3.8) is 0 Å². The van der Waals surface area contributed by atoms with E-state index in [0.29, 0.717) is 16.7 Å². The second-order valence-electron chi connectivity index (χ2n) is 10.1. The van der Waals surface area contributed by atoms with Crippen LogP contribution in [0.15, 0.2) is 78.9 Å². The number of phenols is 1. The van der Waals surface area contributed by atoms with Gasteiger partial charge in [0.2, 0.25) is 29.5 Å². The van der Waals surface area contributed by atoms with Gasteiger partial charge in [0.1, 0.15) is 29.7 Å². The largest absolute Gasteiger partial charge is 0.508 e. The van der Waals surface area contributed by atoms with Crippen molar-refractivity contribution in [2.75, 3.05) is 6.54 Å². The van der Waals surface area contributed by atoms with Gasteiger partial charge in [-0.3, -0.25) is 24.0 Å². The summed E-state index contributed by atoms with van der Waals surface area (Å²) in [6.07, 6.45) is 0.110. The number of aromatic hydroxyl groups is 1. The molecule has 232 valence electrons. The molecule has 3 rings (SSSR count). The SMILES string of the molecule is C[C@@H](NC(=O)[C@@H](N)Cc1ccc(O)cc1)C(=O)NCC(=O)N[C@@H](Cc1ccc(F)cc1)C(=O)N[C@H](C(N)=O)c1ccccc1. The molecular formula is C31H35FN6O6. The molecule has 3 aromatic carbocycles. The molecular weight excluding hydrogens is 571 g/mol. The minimum atomic E-state index is -1.22. The molecule has 0 aliphatic heterocycles. The van der Waals surface area contributed by atoms with E-state index < -0.39 is 66.1 Å². The number of nitrogens with one attached hydrogen (secondary N) is 4. The molecule has 0 bridgehead atoms. The van der Waals surface area contributed by atoms with Crippen molar-refractivity contribution in [3.8, 4) is 5.75 Å².